The predicted octanol–water partition coefficient (Wildman–Crippen LogP) is 3.24. The number of nitrogens with one attached hydrogen (secondary N) is 1. The zero-order valence-corrected chi connectivity index (χ0v) is 14.5. The van der Waals surface area contributed by atoms with Crippen molar-refractivity contribution < 1.29 is 22.9 Å². The Kier molecular flexibility index (Phi) is 4.99. The lowest BCUT2D eigenvalue weighted by molar-refractivity contribution is -0.383. The number of rotatable bonds is 5. The molecule has 0 aliphatic carbocycles. The highest BCUT2D eigenvalue weighted by atomic mass is 19.4. The Balaban J connectivity index is 1.74. The highest BCUT2D eigenvalue weighted by Gasteiger charge is 2.31. The molecule has 11 heteroatoms. The number of hydrogen-bond donors (Lipinski definition) is 1. The number of carbonyl (C=O) groups excluding carboxylic acids is 1. The Hall–Kier alpha value is -3.50. The molecule has 2 aromatic heterocycles. The largest absolute Gasteiger partial charge is 0.417 e. The van der Waals surface area contributed by atoms with Crippen molar-refractivity contribution >= 4 is 22.6 Å². The van der Waals surface area contributed by atoms with Gasteiger partial charge in [0.25, 0.3) is 5.69 Å². The van der Waals surface area contributed by atoms with Gasteiger partial charge in [0.15, 0.2) is 0 Å². The summed E-state index contributed by atoms with van der Waals surface area (Å²) in [6.07, 6.45) is -2.47. The van der Waals surface area contributed by atoms with Crippen molar-refractivity contribution in [3.63, 3.8) is 0 Å². The maximum Gasteiger partial charge on any atom is 0.417 e. The van der Waals surface area contributed by atoms with E-state index in [2.05, 4.69) is 15.3 Å². The van der Waals surface area contributed by atoms with Gasteiger partial charge in [-0.15, -0.1) is 0 Å². The van der Waals surface area contributed by atoms with Gasteiger partial charge in [0, 0.05) is 12.3 Å². The number of alkyl halides is 3. The number of nitrogens with zero attached hydrogens (tertiary/aromatic N) is 4. The molecule has 0 bridgehead atoms. The van der Waals surface area contributed by atoms with E-state index in [0.717, 1.165) is 6.07 Å². The minimum absolute atomic E-state index is 0.180. The van der Waals surface area contributed by atoms with Crippen LogP contribution in [0.4, 0.5) is 18.9 Å². The molecule has 0 radical (unpaired) electrons. The average Bonchev–Trinajstić information content (AvgIpc) is 3.03. The quantitative estimate of drug-likeness (QED) is 0.530. The second-order valence-corrected chi connectivity index (χ2v) is 6.03. The fourth-order valence-corrected chi connectivity index (χ4v) is 2.72. The SMILES string of the molecule is CC(NC(=O)Cn1cnc2cccc([N+](=O)[O-])c21)c1ccc(C(F)(F)F)cn1. The van der Waals surface area contributed by atoms with Gasteiger partial charge >= 0.3 is 6.18 Å². The van der Waals surface area contributed by atoms with Crippen LogP contribution in [0.3, 0.4) is 0 Å². The molecule has 0 spiro atoms. The Bertz CT molecular complexity index is 1030. The van der Waals surface area contributed by atoms with Crippen molar-refractivity contribution in [3.05, 3.63) is 64.2 Å². The fraction of sp³-hybridized carbons (Fsp3) is 0.235. The number of aromatic nitrogens is 3. The summed E-state index contributed by atoms with van der Waals surface area (Å²) in [5.74, 6) is -0.494. The molecule has 1 N–H and O–H groups in total. The van der Waals surface area contributed by atoms with Crippen molar-refractivity contribution in [3.8, 4) is 0 Å². The molecule has 0 saturated heterocycles. The van der Waals surface area contributed by atoms with Gasteiger partial charge in [-0.1, -0.05) is 6.07 Å². The predicted molar refractivity (Wildman–Crippen MR) is 92.2 cm³/mol. The van der Waals surface area contributed by atoms with Crippen LogP contribution in [-0.4, -0.2) is 25.4 Å². The summed E-state index contributed by atoms with van der Waals surface area (Å²) in [4.78, 5) is 30.7. The van der Waals surface area contributed by atoms with Crippen molar-refractivity contribution in [1.82, 2.24) is 19.9 Å². The summed E-state index contributed by atoms with van der Waals surface area (Å²) in [5, 5.41) is 13.8. The van der Waals surface area contributed by atoms with Crippen LogP contribution in [-0.2, 0) is 17.5 Å². The standard InChI is InChI=1S/C17H14F3N5O3/c1-10(12-6-5-11(7-21-12)17(18,19)20)23-15(26)8-24-9-22-13-3-2-4-14(16(13)24)25(27)28/h2-7,9-10H,8H2,1H3,(H,23,26). The first-order valence-corrected chi connectivity index (χ1v) is 8.07. The van der Waals surface area contributed by atoms with Gasteiger partial charge in [-0.05, 0) is 25.1 Å². The number of amides is 1. The zero-order chi connectivity index (χ0) is 20.5. The first-order valence-electron chi connectivity index (χ1n) is 8.07. The summed E-state index contributed by atoms with van der Waals surface area (Å²) in [7, 11) is 0. The van der Waals surface area contributed by atoms with E-state index in [0.29, 0.717) is 11.7 Å². The number of nitro benzene ring substituents is 1. The van der Waals surface area contributed by atoms with Crippen LogP contribution >= 0.6 is 0 Å². The van der Waals surface area contributed by atoms with E-state index in [1.165, 1.54) is 29.1 Å². The molecule has 1 atom stereocenters. The van der Waals surface area contributed by atoms with Crippen molar-refractivity contribution in [2.75, 3.05) is 0 Å². The van der Waals surface area contributed by atoms with Crippen LogP contribution in [0, 0.1) is 10.1 Å². The number of non-ortho nitro benzene ring substituents is 1. The number of halogens is 3. The van der Waals surface area contributed by atoms with Crippen molar-refractivity contribution in [2.24, 2.45) is 0 Å². The lowest BCUT2D eigenvalue weighted by atomic mass is 10.2. The van der Waals surface area contributed by atoms with Gasteiger partial charge in [0.05, 0.1) is 34.1 Å². The van der Waals surface area contributed by atoms with Gasteiger partial charge in [0.1, 0.15) is 12.1 Å². The summed E-state index contributed by atoms with van der Waals surface area (Å²) in [6.45, 7) is 1.33. The number of benzene rings is 1. The third-order valence-corrected chi connectivity index (χ3v) is 4.06. The lowest BCUT2D eigenvalue weighted by Crippen LogP contribution is -2.30. The molecular formula is C17H14F3N5O3. The molecule has 0 saturated carbocycles. The number of fused-ring (bicyclic) bond motifs is 1. The first-order chi connectivity index (χ1) is 13.2. The molecule has 3 rings (SSSR count). The topological polar surface area (TPSA) is 103 Å². The van der Waals surface area contributed by atoms with Gasteiger partial charge in [-0.25, -0.2) is 4.98 Å². The van der Waals surface area contributed by atoms with E-state index < -0.39 is 28.6 Å². The number of nitro groups is 1. The van der Waals surface area contributed by atoms with Crippen LogP contribution in [0.25, 0.3) is 11.0 Å². The molecule has 146 valence electrons. The van der Waals surface area contributed by atoms with Crippen LogP contribution in [0.5, 0.6) is 0 Å². The van der Waals surface area contributed by atoms with E-state index in [1.807, 2.05) is 0 Å². The third kappa shape index (κ3) is 3.92. The summed E-state index contributed by atoms with van der Waals surface area (Å²) >= 11 is 0. The van der Waals surface area contributed by atoms with E-state index >= 15 is 0 Å². The van der Waals surface area contributed by atoms with Crippen molar-refractivity contribution in [2.45, 2.75) is 25.7 Å². The first kappa shape index (κ1) is 19.3. The molecule has 1 aromatic carbocycles. The number of pyridine rings is 1. The van der Waals surface area contributed by atoms with E-state index in [-0.39, 0.29) is 23.4 Å². The number of hydrogen-bond acceptors (Lipinski definition) is 5. The smallest absolute Gasteiger partial charge is 0.346 e. The second-order valence-electron chi connectivity index (χ2n) is 6.03. The van der Waals surface area contributed by atoms with Crippen LogP contribution < -0.4 is 5.32 Å². The molecule has 2 heterocycles. The third-order valence-electron chi connectivity index (χ3n) is 4.06. The molecule has 0 aliphatic heterocycles. The Morgan fingerprint density at radius 1 is 1.29 bits per heavy atom. The minimum atomic E-state index is -4.49. The van der Waals surface area contributed by atoms with Gasteiger partial charge < -0.3 is 9.88 Å². The number of carbonyl (C=O) groups is 1. The minimum Gasteiger partial charge on any atom is -0.346 e. The normalized spacial score (nSPS) is 12.7. The van der Waals surface area contributed by atoms with E-state index in [1.54, 1.807) is 13.0 Å². The monoisotopic (exact) mass is 393 g/mol. The highest BCUT2D eigenvalue weighted by Crippen LogP contribution is 2.29. The molecular weight excluding hydrogens is 379 g/mol. The Morgan fingerprint density at radius 3 is 2.64 bits per heavy atom. The summed E-state index contributed by atoms with van der Waals surface area (Å²) < 4.78 is 39.1. The maximum atomic E-state index is 12.6. The van der Waals surface area contributed by atoms with Gasteiger partial charge in [-0.2, -0.15) is 13.2 Å². The van der Waals surface area contributed by atoms with E-state index in [4.69, 9.17) is 0 Å². The molecule has 28 heavy (non-hydrogen) atoms. The summed E-state index contributed by atoms with van der Waals surface area (Å²) in [5.41, 5.74) is -0.225. The maximum absolute atomic E-state index is 12.6. The van der Waals surface area contributed by atoms with Crippen LogP contribution in [0.2, 0.25) is 0 Å². The van der Waals surface area contributed by atoms with Crippen LogP contribution in [0.1, 0.15) is 24.2 Å². The van der Waals surface area contributed by atoms with Crippen LogP contribution in [0.15, 0.2) is 42.9 Å². The molecule has 1 unspecified atom stereocenters. The average molecular weight is 393 g/mol. The highest BCUT2D eigenvalue weighted by molar-refractivity contribution is 5.87. The molecule has 0 aliphatic rings. The van der Waals surface area contributed by atoms with E-state index in [9.17, 15) is 28.1 Å². The number of imidazole rings is 1. The zero-order valence-electron chi connectivity index (χ0n) is 14.5. The van der Waals surface area contributed by atoms with Crippen molar-refractivity contribution in [1.29, 1.82) is 0 Å². The Labute approximate surface area is 156 Å². The number of para-hydroxylation sites is 1. The molecule has 8 nitrogen and oxygen atoms in total. The fourth-order valence-electron chi connectivity index (χ4n) is 2.72. The van der Waals surface area contributed by atoms with Gasteiger partial charge in [-0.3, -0.25) is 19.9 Å². The summed E-state index contributed by atoms with van der Waals surface area (Å²) in [6, 6.07) is 5.82. The molecule has 1 amide bonds. The molecule has 0 fully saturated rings. The lowest BCUT2D eigenvalue weighted by Gasteiger charge is -2.15. The van der Waals surface area contributed by atoms with Gasteiger partial charge in [0.2, 0.25) is 5.91 Å². The second kappa shape index (κ2) is 7.25. The Morgan fingerprint density at radius 2 is 2.04 bits per heavy atom. The molecule has 3 aromatic rings.